The molecular weight excluding hydrogens is 242 g/mol. The Morgan fingerprint density at radius 2 is 2.06 bits per heavy atom. The molecule has 0 saturated carbocycles. The predicted octanol–water partition coefficient (Wildman–Crippen LogP) is 2.01. The number of ether oxygens (including phenoxy) is 1. The molecular formula is C12H8F2N2O2. The minimum atomic E-state index is -1.52. The number of nitriles is 2. The molecule has 92 valence electrons. The maximum absolute atomic E-state index is 13.5. The van der Waals surface area contributed by atoms with Crippen LogP contribution in [-0.2, 0) is 9.53 Å². The van der Waals surface area contributed by atoms with Gasteiger partial charge in [-0.3, -0.25) is 4.79 Å². The molecule has 0 N–H and O–H groups in total. The molecule has 1 rings (SSSR count). The largest absolute Gasteiger partial charge is 0.465 e. The fraction of sp³-hybridized carbons (Fsp3) is 0.250. The van der Waals surface area contributed by atoms with Crippen molar-refractivity contribution in [2.75, 3.05) is 6.61 Å². The van der Waals surface area contributed by atoms with E-state index in [0.29, 0.717) is 6.07 Å². The molecule has 0 heterocycles. The van der Waals surface area contributed by atoms with E-state index in [2.05, 4.69) is 4.74 Å². The molecule has 0 amide bonds. The van der Waals surface area contributed by atoms with Gasteiger partial charge in [-0.2, -0.15) is 10.5 Å². The number of benzene rings is 1. The summed E-state index contributed by atoms with van der Waals surface area (Å²) < 4.78 is 31.2. The van der Waals surface area contributed by atoms with Crippen molar-refractivity contribution in [2.24, 2.45) is 0 Å². The van der Waals surface area contributed by atoms with E-state index >= 15 is 0 Å². The number of esters is 1. The summed E-state index contributed by atoms with van der Waals surface area (Å²) in [5.74, 6) is -4.56. The number of hydrogen-bond acceptors (Lipinski definition) is 4. The van der Waals surface area contributed by atoms with Crippen LogP contribution in [0.4, 0.5) is 8.78 Å². The molecule has 4 nitrogen and oxygen atoms in total. The first-order valence-electron chi connectivity index (χ1n) is 5.00. The second-order valence-corrected chi connectivity index (χ2v) is 3.28. The summed E-state index contributed by atoms with van der Waals surface area (Å²) >= 11 is 0. The standard InChI is InChI=1S/C12H8F2N2O2/c1-2-18-12(17)9(6-16)8-3-7(5-15)10(13)4-11(8)14/h3-4,9H,2H2,1H3. The van der Waals surface area contributed by atoms with E-state index < -0.39 is 29.1 Å². The van der Waals surface area contributed by atoms with Gasteiger partial charge in [-0.25, -0.2) is 8.78 Å². The minimum absolute atomic E-state index is 0.0327. The fourth-order valence-corrected chi connectivity index (χ4v) is 1.35. The highest BCUT2D eigenvalue weighted by atomic mass is 19.1. The van der Waals surface area contributed by atoms with E-state index in [1.165, 1.54) is 13.0 Å². The molecule has 0 saturated heterocycles. The lowest BCUT2D eigenvalue weighted by Gasteiger charge is -2.10. The normalized spacial score (nSPS) is 11.2. The molecule has 0 aliphatic rings. The zero-order valence-electron chi connectivity index (χ0n) is 9.41. The average Bonchev–Trinajstić information content (AvgIpc) is 2.33. The van der Waals surface area contributed by atoms with E-state index in [1.807, 2.05) is 0 Å². The first-order valence-corrected chi connectivity index (χ1v) is 5.00. The van der Waals surface area contributed by atoms with Crippen molar-refractivity contribution in [1.29, 1.82) is 10.5 Å². The number of rotatable bonds is 3. The molecule has 1 unspecified atom stereocenters. The van der Waals surface area contributed by atoms with Crippen molar-refractivity contribution in [1.82, 2.24) is 0 Å². The van der Waals surface area contributed by atoms with Crippen molar-refractivity contribution < 1.29 is 18.3 Å². The average molecular weight is 250 g/mol. The molecule has 6 heteroatoms. The van der Waals surface area contributed by atoms with Crippen LogP contribution in [0.3, 0.4) is 0 Å². The lowest BCUT2D eigenvalue weighted by Crippen LogP contribution is -2.16. The summed E-state index contributed by atoms with van der Waals surface area (Å²) in [6, 6.07) is 4.39. The van der Waals surface area contributed by atoms with Gasteiger partial charge in [0.05, 0.1) is 18.2 Å². The van der Waals surface area contributed by atoms with Crippen molar-refractivity contribution >= 4 is 5.97 Å². The minimum Gasteiger partial charge on any atom is -0.465 e. The summed E-state index contributed by atoms with van der Waals surface area (Å²) in [5, 5.41) is 17.5. The van der Waals surface area contributed by atoms with Gasteiger partial charge in [0.2, 0.25) is 0 Å². The Morgan fingerprint density at radius 1 is 1.39 bits per heavy atom. The Kier molecular flexibility index (Phi) is 4.33. The van der Waals surface area contributed by atoms with Gasteiger partial charge < -0.3 is 4.74 Å². The maximum Gasteiger partial charge on any atom is 0.328 e. The SMILES string of the molecule is CCOC(=O)C(C#N)c1cc(C#N)c(F)cc1F. The number of hydrogen-bond donors (Lipinski definition) is 0. The molecule has 1 atom stereocenters. The van der Waals surface area contributed by atoms with Gasteiger partial charge in [-0.05, 0) is 13.0 Å². The second kappa shape index (κ2) is 5.74. The third-order valence-corrected chi connectivity index (χ3v) is 2.17. The number of nitrogens with zero attached hydrogens (tertiary/aromatic N) is 2. The third-order valence-electron chi connectivity index (χ3n) is 2.17. The highest BCUT2D eigenvalue weighted by Gasteiger charge is 2.26. The van der Waals surface area contributed by atoms with Crippen LogP contribution in [0.1, 0.15) is 24.0 Å². The van der Waals surface area contributed by atoms with Crippen LogP contribution >= 0.6 is 0 Å². The number of carbonyl (C=O) groups is 1. The van der Waals surface area contributed by atoms with Crippen molar-refractivity contribution in [2.45, 2.75) is 12.8 Å². The Bertz CT molecular complexity index is 558. The Balaban J connectivity index is 3.27. The van der Waals surface area contributed by atoms with Crippen LogP contribution in [0, 0.1) is 34.3 Å². The van der Waals surface area contributed by atoms with Crippen LogP contribution in [0.25, 0.3) is 0 Å². The lowest BCUT2D eigenvalue weighted by atomic mass is 9.98. The van der Waals surface area contributed by atoms with Gasteiger partial charge in [0.1, 0.15) is 17.7 Å². The molecule has 0 bridgehead atoms. The zero-order chi connectivity index (χ0) is 13.7. The maximum atomic E-state index is 13.5. The van der Waals surface area contributed by atoms with Gasteiger partial charge in [0.15, 0.2) is 5.92 Å². The van der Waals surface area contributed by atoms with Crippen LogP contribution in [-0.4, -0.2) is 12.6 Å². The first-order chi connectivity index (χ1) is 8.54. The van der Waals surface area contributed by atoms with Gasteiger partial charge in [0.25, 0.3) is 0 Å². The van der Waals surface area contributed by atoms with Crippen molar-refractivity contribution in [3.05, 3.63) is 34.9 Å². The van der Waals surface area contributed by atoms with Crippen LogP contribution in [0.15, 0.2) is 12.1 Å². The Hall–Kier alpha value is -2.47. The molecule has 18 heavy (non-hydrogen) atoms. The molecule has 0 spiro atoms. The van der Waals surface area contributed by atoms with Gasteiger partial charge in [0, 0.05) is 11.6 Å². The summed E-state index contributed by atoms with van der Waals surface area (Å²) in [7, 11) is 0. The lowest BCUT2D eigenvalue weighted by molar-refractivity contribution is -0.143. The molecule has 1 aromatic rings. The summed E-state index contributed by atoms with van der Waals surface area (Å²) in [4.78, 5) is 11.4. The Labute approximate surface area is 102 Å². The molecule has 0 aliphatic carbocycles. The molecule has 1 aromatic carbocycles. The third kappa shape index (κ3) is 2.61. The highest BCUT2D eigenvalue weighted by Crippen LogP contribution is 2.23. The fourth-order valence-electron chi connectivity index (χ4n) is 1.35. The molecule has 0 aliphatic heterocycles. The van der Waals surface area contributed by atoms with Crippen molar-refractivity contribution in [3.8, 4) is 12.1 Å². The van der Waals surface area contributed by atoms with E-state index in [1.54, 1.807) is 6.07 Å². The van der Waals surface area contributed by atoms with Gasteiger partial charge in [-0.15, -0.1) is 0 Å². The number of halogens is 2. The summed E-state index contributed by atoms with van der Waals surface area (Å²) in [6.07, 6.45) is 0. The molecule has 0 fully saturated rings. The first kappa shape index (κ1) is 13.6. The highest BCUT2D eigenvalue weighted by molar-refractivity contribution is 5.81. The summed E-state index contributed by atoms with van der Waals surface area (Å²) in [6.45, 7) is 1.57. The molecule has 0 radical (unpaired) electrons. The quantitative estimate of drug-likeness (QED) is 0.769. The monoisotopic (exact) mass is 250 g/mol. The van der Waals surface area contributed by atoms with E-state index in [9.17, 15) is 13.6 Å². The van der Waals surface area contributed by atoms with E-state index in [4.69, 9.17) is 10.5 Å². The van der Waals surface area contributed by atoms with Crippen LogP contribution in [0.2, 0.25) is 0 Å². The van der Waals surface area contributed by atoms with Crippen molar-refractivity contribution in [3.63, 3.8) is 0 Å². The van der Waals surface area contributed by atoms with E-state index in [0.717, 1.165) is 6.07 Å². The summed E-state index contributed by atoms with van der Waals surface area (Å²) in [5.41, 5.74) is -0.801. The van der Waals surface area contributed by atoms with Crippen LogP contribution in [0.5, 0.6) is 0 Å². The van der Waals surface area contributed by atoms with Gasteiger partial charge >= 0.3 is 5.97 Å². The van der Waals surface area contributed by atoms with E-state index in [-0.39, 0.29) is 12.2 Å². The molecule has 0 aromatic heterocycles. The second-order valence-electron chi connectivity index (χ2n) is 3.28. The van der Waals surface area contributed by atoms with Crippen LogP contribution < -0.4 is 0 Å². The number of carbonyl (C=O) groups excluding carboxylic acids is 1. The predicted molar refractivity (Wildman–Crippen MR) is 56.1 cm³/mol. The van der Waals surface area contributed by atoms with Gasteiger partial charge in [-0.1, -0.05) is 0 Å². The topological polar surface area (TPSA) is 73.9 Å². The smallest absolute Gasteiger partial charge is 0.328 e. The Morgan fingerprint density at radius 3 is 2.56 bits per heavy atom. The zero-order valence-corrected chi connectivity index (χ0v) is 9.41.